The van der Waals surface area contributed by atoms with Crippen LogP contribution in [0.3, 0.4) is 0 Å². The highest BCUT2D eigenvalue weighted by atomic mass is 19.1. The Morgan fingerprint density at radius 3 is 2.50 bits per heavy atom. The van der Waals surface area contributed by atoms with E-state index in [1.165, 1.54) is 18.2 Å². The van der Waals surface area contributed by atoms with Crippen LogP contribution in [0.5, 0.6) is 5.75 Å². The molecule has 0 bridgehead atoms. The zero-order chi connectivity index (χ0) is 16.3. The number of primary amides is 1. The van der Waals surface area contributed by atoms with Crippen molar-refractivity contribution in [2.45, 2.75) is 13.0 Å². The molecular weight excluding hydrogens is 292 g/mol. The second-order valence-corrected chi connectivity index (χ2v) is 4.81. The first-order chi connectivity index (χ1) is 10.4. The predicted octanol–water partition coefficient (Wildman–Crippen LogP) is 2.48. The second-order valence-electron chi connectivity index (χ2n) is 4.81. The minimum absolute atomic E-state index is 0.243. The topological polar surface area (TPSA) is 72.6 Å². The quantitative estimate of drug-likeness (QED) is 0.891. The fraction of sp³-hybridized carbons (Fsp3) is 0.188. The normalized spacial score (nSPS) is 12.0. The molecule has 0 saturated carbocycles. The van der Waals surface area contributed by atoms with E-state index in [2.05, 4.69) is 0 Å². The first kappa shape index (κ1) is 15.9. The van der Waals surface area contributed by atoms with Gasteiger partial charge in [0.2, 0.25) is 5.91 Å². The van der Waals surface area contributed by atoms with E-state index in [0.717, 1.165) is 12.1 Å². The zero-order valence-electron chi connectivity index (χ0n) is 11.8. The van der Waals surface area contributed by atoms with Crippen LogP contribution in [0.15, 0.2) is 36.4 Å². The smallest absolute Gasteiger partial charge is 0.248 e. The number of aliphatic hydroxyl groups excluding tert-OH is 1. The molecule has 0 aromatic heterocycles. The van der Waals surface area contributed by atoms with Gasteiger partial charge in [-0.15, -0.1) is 0 Å². The number of halogens is 2. The molecule has 0 aliphatic heterocycles. The molecule has 4 nitrogen and oxygen atoms in total. The second kappa shape index (κ2) is 6.53. The third-order valence-electron chi connectivity index (χ3n) is 3.20. The van der Waals surface area contributed by atoms with E-state index in [-0.39, 0.29) is 12.2 Å². The Kier molecular flexibility index (Phi) is 4.72. The highest BCUT2D eigenvalue weighted by Gasteiger charge is 2.19. The molecule has 0 heterocycles. The van der Waals surface area contributed by atoms with Crippen molar-refractivity contribution in [3.63, 3.8) is 0 Å². The van der Waals surface area contributed by atoms with Crippen molar-refractivity contribution in [3.8, 4) is 5.75 Å². The molecular formula is C16H15F2NO3. The molecule has 1 unspecified atom stereocenters. The number of benzene rings is 2. The van der Waals surface area contributed by atoms with Crippen LogP contribution < -0.4 is 10.5 Å². The third-order valence-corrected chi connectivity index (χ3v) is 3.20. The van der Waals surface area contributed by atoms with Gasteiger partial charge in [-0.05, 0) is 36.8 Å². The molecule has 22 heavy (non-hydrogen) atoms. The summed E-state index contributed by atoms with van der Waals surface area (Å²) in [4.78, 5) is 11.1. The standard InChI is InChI=1S/C16H15F2NO3/c1-9-5-6-10(16(19)21)7-14(9)22-8-13(20)15-11(17)3-2-4-12(15)18/h2-7,13,20H,8H2,1H3,(H2,19,21). The van der Waals surface area contributed by atoms with E-state index in [1.54, 1.807) is 13.0 Å². The minimum Gasteiger partial charge on any atom is -0.490 e. The molecule has 0 saturated heterocycles. The van der Waals surface area contributed by atoms with Crippen molar-refractivity contribution in [2.75, 3.05) is 6.61 Å². The number of hydrogen-bond donors (Lipinski definition) is 2. The SMILES string of the molecule is Cc1ccc(C(N)=O)cc1OCC(O)c1c(F)cccc1F. The molecule has 116 valence electrons. The average molecular weight is 307 g/mol. The highest BCUT2D eigenvalue weighted by molar-refractivity contribution is 5.93. The van der Waals surface area contributed by atoms with Crippen molar-refractivity contribution in [2.24, 2.45) is 5.73 Å². The molecule has 1 atom stereocenters. The lowest BCUT2D eigenvalue weighted by atomic mass is 10.1. The zero-order valence-corrected chi connectivity index (χ0v) is 11.8. The lowest BCUT2D eigenvalue weighted by Crippen LogP contribution is -2.15. The summed E-state index contributed by atoms with van der Waals surface area (Å²) in [5.74, 6) is -2.00. The summed E-state index contributed by atoms with van der Waals surface area (Å²) in [5.41, 5.74) is 5.67. The first-order valence-corrected chi connectivity index (χ1v) is 6.55. The van der Waals surface area contributed by atoms with Crippen LogP contribution in [0.4, 0.5) is 8.78 Å². The number of carbonyl (C=O) groups is 1. The van der Waals surface area contributed by atoms with Crippen LogP contribution in [-0.2, 0) is 0 Å². The van der Waals surface area contributed by atoms with Gasteiger partial charge >= 0.3 is 0 Å². The fourth-order valence-corrected chi connectivity index (χ4v) is 1.99. The summed E-state index contributed by atoms with van der Waals surface area (Å²) in [5, 5.41) is 9.92. The van der Waals surface area contributed by atoms with Crippen LogP contribution in [-0.4, -0.2) is 17.6 Å². The number of ether oxygens (including phenoxy) is 1. The molecule has 3 N–H and O–H groups in total. The Morgan fingerprint density at radius 1 is 1.27 bits per heavy atom. The summed E-state index contributed by atoms with van der Waals surface area (Å²) < 4.78 is 32.5. The molecule has 0 fully saturated rings. The van der Waals surface area contributed by atoms with E-state index in [0.29, 0.717) is 11.3 Å². The van der Waals surface area contributed by atoms with Crippen LogP contribution in [0.25, 0.3) is 0 Å². The number of carbonyl (C=O) groups excluding carboxylic acids is 1. The van der Waals surface area contributed by atoms with Crippen molar-refractivity contribution in [1.82, 2.24) is 0 Å². The number of aliphatic hydroxyl groups is 1. The summed E-state index contributed by atoms with van der Waals surface area (Å²) >= 11 is 0. The van der Waals surface area contributed by atoms with E-state index in [1.807, 2.05) is 0 Å². The van der Waals surface area contributed by atoms with Gasteiger partial charge in [0.15, 0.2) is 0 Å². The van der Waals surface area contributed by atoms with Gasteiger partial charge in [0, 0.05) is 5.56 Å². The van der Waals surface area contributed by atoms with E-state index >= 15 is 0 Å². The monoisotopic (exact) mass is 307 g/mol. The highest BCUT2D eigenvalue weighted by Crippen LogP contribution is 2.24. The Morgan fingerprint density at radius 2 is 1.91 bits per heavy atom. The predicted molar refractivity (Wildman–Crippen MR) is 76.5 cm³/mol. The molecule has 6 heteroatoms. The van der Waals surface area contributed by atoms with E-state index < -0.39 is 29.2 Å². The van der Waals surface area contributed by atoms with Crippen LogP contribution in [0.1, 0.15) is 27.6 Å². The summed E-state index contributed by atoms with van der Waals surface area (Å²) in [6.07, 6.45) is -1.47. The number of aryl methyl sites for hydroxylation is 1. The number of amides is 1. The molecule has 0 radical (unpaired) electrons. The maximum absolute atomic E-state index is 13.6. The number of rotatable bonds is 5. The first-order valence-electron chi connectivity index (χ1n) is 6.55. The third kappa shape index (κ3) is 3.40. The van der Waals surface area contributed by atoms with Gasteiger partial charge in [-0.25, -0.2) is 8.78 Å². The van der Waals surface area contributed by atoms with Gasteiger partial charge in [0.05, 0.1) is 5.56 Å². The van der Waals surface area contributed by atoms with Crippen molar-refractivity contribution in [1.29, 1.82) is 0 Å². The molecule has 0 aliphatic rings. The summed E-state index contributed by atoms with van der Waals surface area (Å²) in [6.45, 7) is 1.37. The van der Waals surface area contributed by atoms with Gasteiger partial charge in [0.25, 0.3) is 0 Å². The van der Waals surface area contributed by atoms with E-state index in [9.17, 15) is 18.7 Å². The molecule has 1 amide bonds. The number of hydrogen-bond acceptors (Lipinski definition) is 3. The number of nitrogens with two attached hydrogens (primary N) is 1. The summed E-state index contributed by atoms with van der Waals surface area (Å²) in [6, 6.07) is 7.91. The van der Waals surface area contributed by atoms with Gasteiger partial charge in [0.1, 0.15) is 30.1 Å². The minimum atomic E-state index is -1.47. The van der Waals surface area contributed by atoms with Gasteiger partial charge in [-0.2, -0.15) is 0 Å². The maximum Gasteiger partial charge on any atom is 0.248 e. The van der Waals surface area contributed by atoms with Gasteiger partial charge < -0.3 is 15.6 Å². The van der Waals surface area contributed by atoms with Crippen LogP contribution in [0.2, 0.25) is 0 Å². The van der Waals surface area contributed by atoms with Gasteiger partial charge in [-0.1, -0.05) is 12.1 Å². The largest absolute Gasteiger partial charge is 0.490 e. The molecule has 0 spiro atoms. The Hall–Kier alpha value is -2.47. The fourth-order valence-electron chi connectivity index (χ4n) is 1.99. The Balaban J connectivity index is 2.16. The maximum atomic E-state index is 13.6. The molecule has 2 aromatic carbocycles. The molecule has 0 aliphatic carbocycles. The lowest BCUT2D eigenvalue weighted by molar-refractivity contribution is 0.0991. The van der Waals surface area contributed by atoms with E-state index in [4.69, 9.17) is 10.5 Å². The Labute approximate surface area is 126 Å². The van der Waals surface area contributed by atoms with Crippen LogP contribution in [0, 0.1) is 18.6 Å². The average Bonchev–Trinajstić information content (AvgIpc) is 2.46. The van der Waals surface area contributed by atoms with Crippen molar-refractivity contribution in [3.05, 3.63) is 64.7 Å². The van der Waals surface area contributed by atoms with Crippen molar-refractivity contribution < 1.29 is 23.4 Å². The molecule has 2 aromatic rings. The Bertz CT molecular complexity index is 684. The lowest BCUT2D eigenvalue weighted by Gasteiger charge is -2.15. The van der Waals surface area contributed by atoms with Crippen molar-refractivity contribution >= 4 is 5.91 Å². The van der Waals surface area contributed by atoms with Gasteiger partial charge in [-0.3, -0.25) is 4.79 Å². The summed E-state index contributed by atoms with van der Waals surface area (Å²) in [7, 11) is 0. The van der Waals surface area contributed by atoms with Crippen LogP contribution >= 0.6 is 0 Å². The molecule has 2 rings (SSSR count).